The fourth-order valence-electron chi connectivity index (χ4n) is 2.76. The molecule has 1 heterocycles. The highest BCUT2D eigenvalue weighted by Gasteiger charge is 2.17. The molecule has 4 heteroatoms. The monoisotopic (exact) mass is 284 g/mol. The molecule has 0 amide bonds. The largest absolute Gasteiger partial charge is 0.487 e. The minimum absolute atomic E-state index is 0.234. The molecule has 1 aromatic carbocycles. The van der Waals surface area contributed by atoms with Crippen molar-refractivity contribution in [1.82, 2.24) is 9.55 Å². The molecule has 0 fully saturated rings. The molecular formula is C17H20N2O2. The maximum Gasteiger partial charge on any atom is 0.163 e. The Hall–Kier alpha value is -2.10. The van der Waals surface area contributed by atoms with E-state index >= 15 is 0 Å². The van der Waals surface area contributed by atoms with E-state index in [9.17, 15) is 4.79 Å². The number of carbonyl (C=O) groups excluding carboxylic acids is 1. The van der Waals surface area contributed by atoms with E-state index in [4.69, 9.17) is 4.74 Å². The highest BCUT2D eigenvalue weighted by molar-refractivity contribution is 5.98. The average Bonchev–Trinajstić information content (AvgIpc) is 2.93. The van der Waals surface area contributed by atoms with Crippen LogP contribution in [0.15, 0.2) is 30.7 Å². The second kappa shape index (κ2) is 6.12. The molecule has 0 saturated carbocycles. The lowest BCUT2D eigenvalue weighted by molar-refractivity contribution is 0.0972. The van der Waals surface area contributed by atoms with Gasteiger partial charge in [0, 0.05) is 18.5 Å². The summed E-state index contributed by atoms with van der Waals surface area (Å²) in [6.07, 6.45) is 7.33. The minimum atomic E-state index is 0.234. The van der Waals surface area contributed by atoms with Crippen LogP contribution in [0.2, 0.25) is 0 Å². The van der Waals surface area contributed by atoms with Gasteiger partial charge in [0.05, 0.1) is 18.2 Å². The van der Waals surface area contributed by atoms with Crippen LogP contribution in [-0.2, 0) is 19.6 Å². The summed E-state index contributed by atoms with van der Waals surface area (Å²) in [6, 6.07) is 5.86. The second-order valence-electron chi connectivity index (χ2n) is 5.46. The lowest BCUT2D eigenvalue weighted by Gasteiger charge is -2.16. The van der Waals surface area contributed by atoms with Gasteiger partial charge >= 0.3 is 0 Å². The third-order valence-electron chi connectivity index (χ3n) is 3.88. The van der Waals surface area contributed by atoms with Crippen LogP contribution in [0.5, 0.6) is 5.75 Å². The summed E-state index contributed by atoms with van der Waals surface area (Å²) < 4.78 is 7.94. The van der Waals surface area contributed by atoms with Gasteiger partial charge in [0.15, 0.2) is 5.78 Å². The molecule has 4 nitrogen and oxygen atoms in total. The maximum absolute atomic E-state index is 11.9. The Labute approximate surface area is 124 Å². The molecule has 0 spiro atoms. The van der Waals surface area contributed by atoms with Crippen molar-refractivity contribution < 1.29 is 9.53 Å². The molecule has 3 rings (SSSR count). The zero-order valence-electron chi connectivity index (χ0n) is 12.3. The first-order valence-electron chi connectivity index (χ1n) is 7.56. The number of nitrogens with zero attached hydrogens (tertiary/aromatic N) is 2. The van der Waals surface area contributed by atoms with Crippen molar-refractivity contribution in [2.45, 2.75) is 45.8 Å². The quantitative estimate of drug-likeness (QED) is 0.845. The number of carbonyl (C=O) groups is 1. The predicted octanol–water partition coefficient (Wildman–Crippen LogP) is 3.39. The molecule has 1 aliphatic rings. The summed E-state index contributed by atoms with van der Waals surface area (Å²) >= 11 is 0. The lowest BCUT2D eigenvalue weighted by Crippen LogP contribution is -2.11. The van der Waals surface area contributed by atoms with Crippen molar-refractivity contribution in [3.8, 4) is 5.75 Å². The SMILES string of the molecule is CCCn1cncc1COc1ccc2c(c1)C(=O)CCC2. The van der Waals surface area contributed by atoms with Gasteiger partial charge in [0.1, 0.15) is 12.4 Å². The number of hydrogen-bond acceptors (Lipinski definition) is 3. The first-order valence-corrected chi connectivity index (χ1v) is 7.56. The first-order chi connectivity index (χ1) is 10.3. The molecule has 1 aliphatic carbocycles. The van der Waals surface area contributed by atoms with Crippen molar-refractivity contribution >= 4 is 5.78 Å². The van der Waals surface area contributed by atoms with Crippen LogP contribution >= 0.6 is 0 Å². The van der Waals surface area contributed by atoms with E-state index in [1.54, 1.807) is 0 Å². The van der Waals surface area contributed by atoms with Gasteiger partial charge in [0.2, 0.25) is 0 Å². The number of Topliss-reactive ketones (excluding diaryl/α,β-unsaturated/α-hetero) is 1. The van der Waals surface area contributed by atoms with Crippen LogP contribution in [0.1, 0.15) is 47.8 Å². The van der Waals surface area contributed by atoms with Crippen LogP contribution in [0.25, 0.3) is 0 Å². The summed E-state index contributed by atoms with van der Waals surface area (Å²) in [7, 11) is 0. The van der Waals surface area contributed by atoms with Gasteiger partial charge in [-0.2, -0.15) is 0 Å². The highest BCUT2D eigenvalue weighted by Crippen LogP contribution is 2.25. The van der Waals surface area contributed by atoms with E-state index in [1.165, 1.54) is 0 Å². The van der Waals surface area contributed by atoms with E-state index in [1.807, 2.05) is 30.7 Å². The van der Waals surface area contributed by atoms with E-state index in [0.29, 0.717) is 13.0 Å². The van der Waals surface area contributed by atoms with E-state index in [2.05, 4.69) is 16.5 Å². The zero-order chi connectivity index (χ0) is 14.7. The Morgan fingerprint density at radius 3 is 3.10 bits per heavy atom. The number of aryl methyl sites for hydroxylation is 2. The molecule has 0 radical (unpaired) electrons. The zero-order valence-corrected chi connectivity index (χ0v) is 12.3. The summed E-state index contributed by atoms with van der Waals surface area (Å²) in [5, 5.41) is 0. The number of benzene rings is 1. The number of imidazole rings is 1. The minimum Gasteiger partial charge on any atom is -0.487 e. The molecule has 110 valence electrons. The van der Waals surface area contributed by atoms with Gasteiger partial charge < -0.3 is 9.30 Å². The molecule has 0 atom stereocenters. The Balaban J connectivity index is 1.72. The van der Waals surface area contributed by atoms with Gasteiger partial charge in [-0.15, -0.1) is 0 Å². The topological polar surface area (TPSA) is 44.1 Å². The van der Waals surface area contributed by atoms with Crippen molar-refractivity contribution in [3.63, 3.8) is 0 Å². The molecule has 0 N–H and O–H groups in total. The molecule has 2 aromatic rings. The second-order valence-corrected chi connectivity index (χ2v) is 5.46. The van der Waals surface area contributed by atoms with E-state index < -0.39 is 0 Å². The van der Waals surface area contributed by atoms with Crippen LogP contribution < -0.4 is 4.74 Å². The third-order valence-corrected chi connectivity index (χ3v) is 3.88. The Kier molecular flexibility index (Phi) is 4.04. The predicted molar refractivity (Wildman–Crippen MR) is 80.6 cm³/mol. The van der Waals surface area contributed by atoms with Crippen LogP contribution in [0.3, 0.4) is 0 Å². The van der Waals surface area contributed by atoms with Crippen LogP contribution in [0.4, 0.5) is 0 Å². The molecule has 0 unspecified atom stereocenters. The summed E-state index contributed by atoms with van der Waals surface area (Å²) in [5.74, 6) is 0.992. The fourth-order valence-corrected chi connectivity index (χ4v) is 2.76. The number of hydrogen-bond donors (Lipinski definition) is 0. The Bertz CT molecular complexity index is 646. The molecule has 21 heavy (non-hydrogen) atoms. The molecule has 0 aliphatic heterocycles. The average molecular weight is 284 g/mol. The highest BCUT2D eigenvalue weighted by atomic mass is 16.5. The van der Waals surface area contributed by atoms with Gasteiger partial charge in [-0.05, 0) is 37.0 Å². The van der Waals surface area contributed by atoms with Crippen molar-refractivity contribution in [2.24, 2.45) is 0 Å². The van der Waals surface area contributed by atoms with E-state index in [0.717, 1.165) is 48.4 Å². The fraction of sp³-hybridized carbons (Fsp3) is 0.412. The molecular weight excluding hydrogens is 264 g/mol. The van der Waals surface area contributed by atoms with Crippen LogP contribution in [-0.4, -0.2) is 15.3 Å². The van der Waals surface area contributed by atoms with E-state index in [-0.39, 0.29) is 5.78 Å². The van der Waals surface area contributed by atoms with Gasteiger partial charge in [-0.1, -0.05) is 13.0 Å². The van der Waals surface area contributed by atoms with Gasteiger partial charge in [-0.25, -0.2) is 4.98 Å². The van der Waals surface area contributed by atoms with Gasteiger partial charge in [0.25, 0.3) is 0 Å². The van der Waals surface area contributed by atoms with Crippen molar-refractivity contribution in [2.75, 3.05) is 0 Å². The molecule has 0 bridgehead atoms. The number of ether oxygens (including phenoxy) is 1. The van der Waals surface area contributed by atoms with Crippen molar-refractivity contribution in [3.05, 3.63) is 47.5 Å². The lowest BCUT2D eigenvalue weighted by atomic mass is 9.90. The number of rotatable bonds is 5. The maximum atomic E-state index is 11.9. The molecule has 0 saturated heterocycles. The first kappa shape index (κ1) is 13.9. The summed E-state index contributed by atoms with van der Waals surface area (Å²) in [4.78, 5) is 16.1. The summed E-state index contributed by atoms with van der Waals surface area (Å²) in [5.41, 5.74) is 3.04. The summed E-state index contributed by atoms with van der Waals surface area (Å²) in [6.45, 7) is 3.56. The van der Waals surface area contributed by atoms with Crippen LogP contribution in [0, 0.1) is 0 Å². The number of ketones is 1. The smallest absolute Gasteiger partial charge is 0.163 e. The third kappa shape index (κ3) is 2.99. The van der Waals surface area contributed by atoms with Gasteiger partial charge in [-0.3, -0.25) is 4.79 Å². The Morgan fingerprint density at radius 1 is 1.33 bits per heavy atom. The normalized spacial score (nSPS) is 14.0. The number of aromatic nitrogens is 2. The Morgan fingerprint density at radius 2 is 2.24 bits per heavy atom. The number of fused-ring (bicyclic) bond motifs is 1. The van der Waals surface area contributed by atoms with Crippen molar-refractivity contribution in [1.29, 1.82) is 0 Å². The standard InChI is InChI=1S/C17H20N2O2/c1-2-8-19-12-18-10-14(19)11-21-15-7-6-13-4-3-5-17(20)16(13)9-15/h6-7,9-10,12H,2-5,8,11H2,1H3. The molecule has 1 aromatic heterocycles.